The second-order valence-electron chi connectivity index (χ2n) is 8.89. The van der Waals surface area contributed by atoms with Crippen LogP contribution >= 0.6 is 0 Å². The number of halogens is 1. The predicted molar refractivity (Wildman–Crippen MR) is 110 cm³/mol. The van der Waals surface area contributed by atoms with Crippen molar-refractivity contribution in [3.8, 4) is 0 Å². The van der Waals surface area contributed by atoms with Gasteiger partial charge in [-0.05, 0) is 68.7 Å². The van der Waals surface area contributed by atoms with E-state index in [2.05, 4.69) is 15.1 Å². The first kappa shape index (κ1) is 19.6. The number of carbonyl (C=O) groups excluding carboxylic acids is 1. The van der Waals surface area contributed by atoms with Gasteiger partial charge in [-0.2, -0.15) is 0 Å². The van der Waals surface area contributed by atoms with Crippen LogP contribution in [0.15, 0.2) is 24.3 Å². The minimum Gasteiger partial charge on any atom is -0.369 e. The smallest absolute Gasteiger partial charge is 0.237 e. The second-order valence-corrected chi connectivity index (χ2v) is 8.89. The Hall–Kier alpha value is -1.66. The fourth-order valence-corrected chi connectivity index (χ4v) is 5.49. The third-order valence-electron chi connectivity index (χ3n) is 7.12. The van der Waals surface area contributed by atoms with E-state index in [4.69, 9.17) is 5.73 Å². The van der Waals surface area contributed by atoms with E-state index in [-0.39, 0.29) is 17.8 Å². The van der Waals surface area contributed by atoms with Crippen molar-refractivity contribution in [3.63, 3.8) is 0 Å². The molecule has 2 bridgehead atoms. The van der Waals surface area contributed by atoms with Gasteiger partial charge in [0, 0.05) is 44.0 Å². The molecule has 1 amide bonds. The van der Waals surface area contributed by atoms with Crippen LogP contribution in [0.1, 0.15) is 39.0 Å². The summed E-state index contributed by atoms with van der Waals surface area (Å²) >= 11 is 0. The molecule has 1 aliphatic heterocycles. The first-order valence-electron chi connectivity index (χ1n) is 10.8. The van der Waals surface area contributed by atoms with Crippen LogP contribution in [0.25, 0.3) is 0 Å². The van der Waals surface area contributed by atoms with Crippen LogP contribution in [0, 0.1) is 17.7 Å². The van der Waals surface area contributed by atoms with Crippen molar-refractivity contribution < 1.29 is 9.18 Å². The average molecular weight is 389 g/mol. The van der Waals surface area contributed by atoms with Crippen LogP contribution in [0.5, 0.6) is 0 Å². The van der Waals surface area contributed by atoms with Gasteiger partial charge in [0.2, 0.25) is 5.91 Å². The number of hydrogen-bond donors (Lipinski definition) is 2. The zero-order valence-corrected chi connectivity index (χ0v) is 16.8. The van der Waals surface area contributed by atoms with Gasteiger partial charge >= 0.3 is 0 Å². The Balaban J connectivity index is 1.30. The summed E-state index contributed by atoms with van der Waals surface area (Å²) in [6, 6.07) is 7.16. The number of fused-ring (bicyclic) bond motifs is 2. The predicted octanol–water partition coefficient (Wildman–Crippen LogP) is 2.36. The SMILES string of the molecule is CC(C(=O)NC1C2CCCC1CC(N)C2)N1CCN(c2ccc(F)cc2)CC1. The molecule has 1 aromatic carbocycles. The monoisotopic (exact) mass is 388 g/mol. The lowest BCUT2D eigenvalue weighted by molar-refractivity contribution is -0.128. The van der Waals surface area contributed by atoms with E-state index in [1.54, 1.807) is 0 Å². The molecule has 3 aliphatic rings. The molecular formula is C22H33FN4O. The Morgan fingerprint density at radius 3 is 2.32 bits per heavy atom. The Bertz CT molecular complexity index is 660. The number of amides is 1. The molecule has 28 heavy (non-hydrogen) atoms. The molecule has 154 valence electrons. The Labute approximate surface area is 167 Å². The van der Waals surface area contributed by atoms with Crippen LogP contribution < -0.4 is 16.0 Å². The molecule has 3 unspecified atom stereocenters. The molecule has 1 heterocycles. The molecule has 2 aliphatic carbocycles. The lowest BCUT2D eigenvalue weighted by Crippen LogP contribution is -2.59. The first-order chi connectivity index (χ1) is 13.5. The van der Waals surface area contributed by atoms with E-state index in [1.807, 2.05) is 19.1 Å². The summed E-state index contributed by atoms with van der Waals surface area (Å²) < 4.78 is 13.1. The molecule has 1 saturated heterocycles. The number of piperazine rings is 1. The highest BCUT2D eigenvalue weighted by Gasteiger charge is 2.40. The number of benzene rings is 1. The van der Waals surface area contributed by atoms with Crippen LogP contribution in [-0.4, -0.2) is 55.1 Å². The third kappa shape index (κ3) is 4.18. The molecule has 2 saturated carbocycles. The molecule has 0 spiro atoms. The fourth-order valence-electron chi connectivity index (χ4n) is 5.49. The number of nitrogens with one attached hydrogen (secondary N) is 1. The molecular weight excluding hydrogens is 355 g/mol. The Morgan fingerprint density at radius 1 is 1.11 bits per heavy atom. The third-order valence-corrected chi connectivity index (χ3v) is 7.12. The summed E-state index contributed by atoms with van der Waals surface area (Å²) in [4.78, 5) is 17.5. The molecule has 0 aromatic heterocycles. The Morgan fingerprint density at radius 2 is 1.71 bits per heavy atom. The number of rotatable bonds is 4. The van der Waals surface area contributed by atoms with Crippen LogP contribution in [0.3, 0.4) is 0 Å². The summed E-state index contributed by atoms with van der Waals surface area (Å²) in [5, 5.41) is 3.40. The standard InChI is InChI=1S/C22H33FN4O/c1-15(22(28)25-21-16-3-2-4-17(21)14-19(24)13-16)26-9-11-27(12-10-26)20-7-5-18(23)6-8-20/h5-8,15-17,19,21H,2-4,9-14,24H2,1H3,(H,25,28). The van der Waals surface area contributed by atoms with E-state index >= 15 is 0 Å². The van der Waals surface area contributed by atoms with Crippen LogP contribution in [0.2, 0.25) is 0 Å². The van der Waals surface area contributed by atoms with Gasteiger partial charge in [0.05, 0.1) is 6.04 Å². The fraction of sp³-hybridized carbons (Fsp3) is 0.682. The van der Waals surface area contributed by atoms with Crippen molar-refractivity contribution >= 4 is 11.6 Å². The number of hydrogen-bond acceptors (Lipinski definition) is 4. The second kappa shape index (κ2) is 8.37. The van der Waals surface area contributed by atoms with Crippen molar-refractivity contribution in [3.05, 3.63) is 30.1 Å². The van der Waals surface area contributed by atoms with Crippen molar-refractivity contribution in [2.75, 3.05) is 31.1 Å². The van der Waals surface area contributed by atoms with E-state index in [0.29, 0.717) is 23.9 Å². The zero-order chi connectivity index (χ0) is 19.7. The van der Waals surface area contributed by atoms with Gasteiger partial charge in [-0.25, -0.2) is 4.39 Å². The molecule has 5 nitrogen and oxygen atoms in total. The maximum Gasteiger partial charge on any atom is 0.237 e. The van der Waals surface area contributed by atoms with Gasteiger partial charge in [-0.1, -0.05) is 6.42 Å². The lowest BCUT2D eigenvalue weighted by Gasteiger charge is -2.46. The highest BCUT2D eigenvalue weighted by molar-refractivity contribution is 5.81. The normalized spacial score (nSPS) is 32.0. The zero-order valence-electron chi connectivity index (χ0n) is 16.8. The van der Waals surface area contributed by atoms with Crippen LogP contribution in [-0.2, 0) is 4.79 Å². The quantitative estimate of drug-likeness (QED) is 0.831. The topological polar surface area (TPSA) is 61.6 Å². The highest BCUT2D eigenvalue weighted by atomic mass is 19.1. The van der Waals surface area contributed by atoms with Crippen molar-refractivity contribution in [2.45, 2.75) is 57.2 Å². The summed E-state index contributed by atoms with van der Waals surface area (Å²) in [6.07, 6.45) is 5.76. The van der Waals surface area contributed by atoms with Gasteiger partial charge < -0.3 is 16.0 Å². The first-order valence-corrected chi connectivity index (χ1v) is 10.8. The molecule has 1 aromatic rings. The largest absolute Gasteiger partial charge is 0.369 e. The van der Waals surface area contributed by atoms with Crippen LogP contribution in [0.4, 0.5) is 10.1 Å². The van der Waals surface area contributed by atoms with Crippen molar-refractivity contribution in [2.24, 2.45) is 17.6 Å². The van der Waals surface area contributed by atoms with Crippen molar-refractivity contribution in [1.29, 1.82) is 0 Å². The molecule has 6 heteroatoms. The average Bonchev–Trinajstić information content (AvgIpc) is 2.69. The van der Waals surface area contributed by atoms with Gasteiger partial charge in [-0.3, -0.25) is 9.69 Å². The number of anilines is 1. The van der Waals surface area contributed by atoms with Gasteiger partial charge in [0.1, 0.15) is 5.82 Å². The van der Waals surface area contributed by atoms with E-state index < -0.39 is 0 Å². The summed E-state index contributed by atoms with van der Waals surface area (Å²) in [7, 11) is 0. The maximum atomic E-state index is 13.1. The van der Waals surface area contributed by atoms with Crippen molar-refractivity contribution in [1.82, 2.24) is 10.2 Å². The summed E-state index contributed by atoms with van der Waals surface area (Å²) in [5.74, 6) is 1.05. The maximum absolute atomic E-state index is 13.1. The molecule has 3 atom stereocenters. The molecule has 3 fully saturated rings. The summed E-state index contributed by atoms with van der Waals surface area (Å²) in [6.45, 7) is 5.41. The van der Waals surface area contributed by atoms with E-state index in [1.165, 1.54) is 31.4 Å². The highest BCUT2D eigenvalue weighted by Crippen LogP contribution is 2.39. The minimum absolute atomic E-state index is 0.119. The van der Waals surface area contributed by atoms with Gasteiger partial charge in [0.15, 0.2) is 0 Å². The van der Waals surface area contributed by atoms with E-state index in [0.717, 1.165) is 44.7 Å². The number of carbonyl (C=O) groups is 1. The van der Waals surface area contributed by atoms with Gasteiger partial charge in [-0.15, -0.1) is 0 Å². The van der Waals surface area contributed by atoms with Gasteiger partial charge in [0.25, 0.3) is 0 Å². The number of nitrogens with zero attached hydrogens (tertiary/aromatic N) is 2. The van der Waals surface area contributed by atoms with E-state index in [9.17, 15) is 9.18 Å². The minimum atomic E-state index is -0.207. The lowest BCUT2D eigenvalue weighted by atomic mass is 9.67. The Kier molecular flexibility index (Phi) is 5.88. The molecule has 4 rings (SSSR count). The summed E-state index contributed by atoms with van der Waals surface area (Å²) in [5.41, 5.74) is 7.26. The molecule has 0 radical (unpaired) electrons. The molecule has 3 N–H and O–H groups in total. The number of nitrogens with two attached hydrogens (primary N) is 1.